The Morgan fingerprint density at radius 1 is 1.11 bits per heavy atom. The summed E-state index contributed by atoms with van der Waals surface area (Å²) in [7, 11) is 1.32. The van der Waals surface area contributed by atoms with E-state index in [9.17, 15) is 23.5 Å². The van der Waals surface area contributed by atoms with E-state index in [1.165, 1.54) is 25.3 Å². The number of nitrogens with one attached hydrogen (secondary N) is 1. The molecule has 0 fully saturated rings. The molecule has 0 aliphatic carbocycles. The summed E-state index contributed by atoms with van der Waals surface area (Å²) in [6.07, 6.45) is 1.09. The minimum Gasteiger partial charge on any atom is -0.494 e. The van der Waals surface area contributed by atoms with Gasteiger partial charge in [0.2, 0.25) is 0 Å². The first kappa shape index (κ1) is 32.6. The predicted molar refractivity (Wildman–Crippen MR) is 169 cm³/mol. The van der Waals surface area contributed by atoms with Gasteiger partial charge >= 0.3 is 6.55 Å². The average Bonchev–Trinajstić information content (AvgIpc) is 3.50. The first-order valence-corrected chi connectivity index (χ1v) is 14.6. The molecule has 0 radical (unpaired) electrons. The van der Waals surface area contributed by atoms with Gasteiger partial charge in [0.15, 0.2) is 5.75 Å². The van der Waals surface area contributed by atoms with Crippen LogP contribution in [0.5, 0.6) is 11.5 Å². The zero-order valence-electron chi connectivity index (χ0n) is 24.4. The Morgan fingerprint density at radius 3 is 2.50 bits per heavy atom. The quantitative estimate of drug-likeness (QED) is 0.157. The number of fused-ring (bicyclic) bond motifs is 1. The molecule has 0 aliphatic heterocycles. The van der Waals surface area contributed by atoms with Gasteiger partial charge in [-0.15, -0.1) is 0 Å². The predicted octanol–water partition coefficient (Wildman–Crippen LogP) is 5.97. The summed E-state index contributed by atoms with van der Waals surface area (Å²) in [5.41, 5.74) is 4.50. The fourth-order valence-corrected chi connectivity index (χ4v) is 5.35. The number of aromatic nitrogens is 3. The number of ether oxygens (including phenoxy) is 2. The molecular formula is C32H27Cl2F2N5O5. The van der Waals surface area contributed by atoms with Crippen molar-refractivity contribution in [2.75, 3.05) is 20.3 Å². The number of carbonyl (C=O) groups excluding carboxylic acids is 2. The zero-order chi connectivity index (χ0) is 33.2. The highest BCUT2D eigenvalue weighted by molar-refractivity contribution is 6.43. The Morgan fingerprint density at radius 2 is 1.85 bits per heavy atom. The summed E-state index contributed by atoms with van der Waals surface area (Å²) in [4.78, 5) is 31.0. The van der Waals surface area contributed by atoms with Crippen molar-refractivity contribution in [3.63, 3.8) is 0 Å². The van der Waals surface area contributed by atoms with Crippen molar-refractivity contribution in [1.82, 2.24) is 20.1 Å². The topological polar surface area (TPSA) is 142 Å². The standard InChI is InChI=1S/C32H27Cl2F2N5O5/c1-3-46-28-21(29(37)42)14-24(39-27(28)20-10-7-11-22(33)25(20)34)32(44,19-8-5-4-6-9-19)16-38-30(43)17-12-18-15-41(31(35)36)40-26(18)23(13-17)45-2/h4-15,31,44H,3,16H2,1-2H3,(H2,37,42)(H,38,43)/t32-/m1/s1. The molecule has 2 amide bonds. The summed E-state index contributed by atoms with van der Waals surface area (Å²) in [5, 5.41) is 19.5. The Labute approximate surface area is 271 Å². The number of nitrogens with two attached hydrogens (primary N) is 1. The zero-order valence-corrected chi connectivity index (χ0v) is 25.9. The van der Waals surface area contributed by atoms with Crippen LogP contribution in [0.15, 0.2) is 72.9 Å². The lowest BCUT2D eigenvalue weighted by molar-refractivity contribution is 0.0573. The van der Waals surface area contributed by atoms with Crippen LogP contribution in [0.4, 0.5) is 8.78 Å². The second-order valence-electron chi connectivity index (χ2n) is 10.0. The van der Waals surface area contributed by atoms with Crippen LogP contribution in [0.1, 0.15) is 45.4 Å². The lowest BCUT2D eigenvalue weighted by Gasteiger charge is -2.30. The molecule has 238 valence electrons. The van der Waals surface area contributed by atoms with Crippen LogP contribution in [-0.4, -0.2) is 51.9 Å². The third-order valence-corrected chi connectivity index (χ3v) is 8.01. The molecule has 0 aliphatic rings. The van der Waals surface area contributed by atoms with E-state index < -0.39 is 30.5 Å². The molecule has 1 atom stereocenters. The third-order valence-electron chi connectivity index (χ3n) is 7.19. The third kappa shape index (κ3) is 6.19. The van der Waals surface area contributed by atoms with Crippen molar-refractivity contribution in [2.45, 2.75) is 19.1 Å². The lowest BCUT2D eigenvalue weighted by atomic mass is 9.88. The highest BCUT2D eigenvalue weighted by atomic mass is 35.5. The first-order valence-electron chi connectivity index (χ1n) is 13.8. The monoisotopic (exact) mass is 669 g/mol. The number of benzene rings is 3. The number of hydrogen-bond donors (Lipinski definition) is 3. The molecule has 5 aromatic rings. The van der Waals surface area contributed by atoms with Gasteiger partial charge in [-0.2, -0.15) is 13.9 Å². The molecule has 0 spiro atoms. The van der Waals surface area contributed by atoms with Gasteiger partial charge < -0.3 is 25.6 Å². The van der Waals surface area contributed by atoms with Crippen LogP contribution in [-0.2, 0) is 5.60 Å². The van der Waals surface area contributed by atoms with E-state index in [0.29, 0.717) is 15.8 Å². The summed E-state index contributed by atoms with van der Waals surface area (Å²) < 4.78 is 38.1. The van der Waals surface area contributed by atoms with Crippen LogP contribution in [0.2, 0.25) is 10.0 Å². The Balaban J connectivity index is 1.63. The Bertz CT molecular complexity index is 1940. The van der Waals surface area contributed by atoms with Crippen LogP contribution in [0.25, 0.3) is 22.2 Å². The molecule has 0 unspecified atom stereocenters. The summed E-state index contributed by atoms with van der Waals surface area (Å²) in [6, 6.07) is 17.2. The first-order chi connectivity index (χ1) is 22.0. The van der Waals surface area contributed by atoms with Crippen molar-refractivity contribution >= 4 is 45.9 Å². The maximum atomic E-state index is 13.5. The molecule has 3 aromatic carbocycles. The number of pyridine rings is 1. The van der Waals surface area contributed by atoms with Gasteiger partial charge in [0, 0.05) is 22.7 Å². The van der Waals surface area contributed by atoms with E-state index >= 15 is 0 Å². The van der Waals surface area contributed by atoms with Gasteiger partial charge in [0.05, 0.1) is 41.6 Å². The average molecular weight is 670 g/mol. The molecule has 2 heterocycles. The normalized spacial score (nSPS) is 12.6. The highest BCUT2D eigenvalue weighted by Crippen LogP contribution is 2.41. The lowest BCUT2D eigenvalue weighted by Crippen LogP contribution is -2.42. The fourth-order valence-electron chi connectivity index (χ4n) is 4.96. The molecule has 0 saturated heterocycles. The number of amides is 2. The van der Waals surface area contributed by atoms with Gasteiger partial charge in [-0.1, -0.05) is 65.7 Å². The van der Waals surface area contributed by atoms with Gasteiger partial charge in [-0.3, -0.25) is 9.59 Å². The minimum absolute atomic E-state index is 0.0344. The van der Waals surface area contributed by atoms with Gasteiger partial charge in [-0.05, 0) is 36.8 Å². The SMILES string of the molecule is CCOc1c(C(N)=O)cc([C@@](O)(CNC(=O)c2cc(OC)c3nn(C(F)F)cc3c2)c2ccccc2)nc1-c1cccc(Cl)c1Cl. The molecule has 0 bridgehead atoms. The van der Waals surface area contributed by atoms with Crippen molar-refractivity contribution < 1.29 is 33.0 Å². The molecule has 14 heteroatoms. The smallest absolute Gasteiger partial charge is 0.333 e. The van der Waals surface area contributed by atoms with Crippen molar-refractivity contribution in [3.05, 3.63) is 105 Å². The number of methoxy groups -OCH3 is 1. The number of halogens is 4. The Kier molecular flexibility index (Phi) is 9.42. The van der Waals surface area contributed by atoms with E-state index in [1.807, 2.05) is 0 Å². The van der Waals surface area contributed by atoms with Crippen molar-refractivity contribution in [3.8, 4) is 22.8 Å². The number of rotatable bonds is 11. The Hall–Kier alpha value is -4.78. The fraction of sp³-hybridized carbons (Fsp3) is 0.188. The van der Waals surface area contributed by atoms with E-state index in [1.54, 1.807) is 55.5 Å². The molecule has 2 aromatic heterocycles. The van der Waals surface area contributed by atoms with E-state index in [2.05, 4.69) is 10.4 Å². The number of alkyl halides is 2. The van der Waals surface area contributed by atoms with Crippen LogP contribution < -0.4 is 20.5 Å². The molecule has 46 heavy (non-hydrogen) atoms. The number of carbonyl (C=O) groups is 2. The highest BCUT2D eigenvalue weighted by Gasteiger charge is 2.37. The molecule has 4 N–H and O–H groups in total. The maximum Gasteiger partial charge on any atom is 0.333 e. The van der Waals surface area contributed by atoms with Crippen molar-refractivity contribution in [1.29, 1.82) is 0 Å². The summed E-state index contributed by atoms with van der Waals surface area (Å²) in [5.74, 6) is -1.40. The molecular weight excluding hydrogens is 643 g/mol. The molecule has 0 saturated carbocycles. The second kappa shape index (κ2) is 13.3. The number of nitrogens with zero attached hydrogens (tertiary/aromatic N) is 3. The minimum atomic E-state index is -2.89. The molecule has 5 rings (SSSR count). The van der Waals surface area contributed by atoms with E-state index in [0.717, 1.165) is 6.20 Å². The van der Waals surface area contributed by atoms with Crippen LogP contribution >= 0.6 is 23.2 Å². The number of aliphatic hydroxyl groups is 1. The van der Waals surface area contributed by atoms with Crippen molar-refractivity contribution in [2.24, 2.45) is 5.73 Å². The van der Waals surface area contributed by atoms with Crippen LogP contribution in [0.3, 0.4) is 0 Å². The maximum absolute atomic E-state index is 13.5. The number of primary amides is 1. The largest absolute Gasteiger partial charge is 0.494 e. The summed E-state index contributed by atoms with van der Waals surface area (Å²) >= 11 is 12.8. The van der Waals surface area contributed by atoms with Gasteiger partial charge in [0.1, 0.15) is 22.6 Å². The van der Waals surface area contributed by atoms with E-state index in [4.69, 9.17) is 43.4 Å². The van der Waals surface area contributed by atoms with Gasteiger partial charge in [0.25, 0.3) is 11.8 Å². The molecule has 10 nitrogen and oxygen atoms in total. The number of hydrogen-bond acceptors (Lipinski definition) is 7. The second-order valence-corrected chi connectivity index (χ2v) is 10.8. The van der Waals surface area contributed by atoms with E-state index in [-0.39, 0.29) is 61.6 Å². The van der Waals surface area contributed by atoms with Crippen LogP contribution in [0, 0.1) is 0 Å². The summed E-state index contributed by atoms with van der Waals surface area (Å²) in [6.45, 7) is -1.49. The van der Waals surface area contributed by atoms with Gasteiger partial charge in [-0.25, -0.2) is 9.67 Å².